The first kappa shape index (κ1) is 21.1. The fourth-order valence-electron chi connectivity index (χ4n) is 2.68. The number of anilines is 1. The van der Waals surface area contributed by atoms with Crippen LogP contribution < -0.4 is 10.6 Å². The van der Waals surface area contributed by atoms with E-state index in [4.69, 9.17) is 4.74 Å². The molecule has 1 aromatic heterocycles. The molecule has 148 valence electrons. The largest absolute Gasteiger partial charge is 0.444 e. The standard InChI is InChI=1S/C17H22BrFN4O4/c1-9(24)20-10-8-23(16(26)27-17(2,3)4)14(13(10)19)15(25)22-12-7-5-6-11(18)21-12/h5-7,10,13-14H,8H2,1-4H3,(H,20,24)(H,21,22,25). The molecule has 0 saturated carbocycles. The van der Waals surface area contributed by atoms with Gasteiger partial charge in [-0.3, -0.25) is 14.5 Å². The van der Waals surface area contributed by atoms with Gasteiger partial charge in [-0.1, -0.05) is 6.07 Å². The van der Waals surface area contributed by atoms with E-state index in [0.29, 0.717) is 4.60 Å². The molecule has 0 aromatic carbocycles. The predicted molar refractivity (Wildman–Crippen MR) is 99.8 cm³/mol. The van der Waals surface area contributed by atoms with E-state index in [-0.39, 0.29) is 12.4 Å². The first-order valence-electron chi connectivity index (χ1n) is 8.32. The molecule has 8 nitrogen and oxygen atoms in total. The van der Waals surface area contributed by atoms with Crippen LogP contribution in [0.4, 0.5) is 15.0 Å². The number of carbonyl (C=O) groups is 3. The SMILES string of the molecule is CC(=O)NC1CN(C(=O)OC(C)(C)C)C(C(=O)Nc2cccc(Br)n2)C1F. The molecule has 10 heteroatoms. The van der Waals surface area contributed by atoms with E-state index in [1.54, 1.807) is 32.9 Å². The van der Waals surface area contributed by atoms with Crippen molar-refractivity contribution in [1.29, 1.82) is 0 Å². The monoisotopic (exact) mass is 444 g/mol. The first-order chi connectivity index (χ1) is 12.5. The van der Waals surface area contributed by atoms with Crippen LogP contribution in [0.15, 0.2) is 22.8 Å². The van der Waals surface area contributed by atoms with Crippen LogP contribution in [0.3, 0.4) is 0 Å². The summed E-state index contributed by atoms with van der Waals surface area (Å²) in [6, 6.07) is 2.38. The highest BCUT2D eigenvalue weighted by Crippen LogP contribution is 2.26. The van der Waals surface area contributed by atoms with Gasteiger partial charge in [0.25, 0.3) is 5.91 Å². The van der Waals surface area contributed by atoms with Gasteiger partial charge in [0, 0.05) is 13.5 Å². The summed E-state index contributed by atoms with van der Waals surface area (Å²) in [6.45, 7) is 6.06. The molecule has 1 aliphatic heterocycles. The third kappa shape index (κ3) is 5.62. The molecule has 27 heavy (non-hydrogen) atoms. The van der Waals surface area contributed by atoms with Crippen LogP contribution in [0.25, 0.3) is 0 Å². The number of hydrogen-bond donors (Lipinski definition) is 2. The average molecular weight is 445 g/mol. The molecule has 0 radical (unpaired) electrons. The first-order valence-corrected chi connectivity index (χ1v) is 9.11. The van der Waals surface area contributed by atoms with Gasteiger partial charge in [0.2, 0.25) is 5.91 Å². The van der Waals surface area contributed by atoms with Crippen molar-refractivity contribution in [2.45, 2.75) is 51.6 Å². The van der Waals surface area contributed by atoms with Gasteiger partial charge < -0.3 is 15.4 Å². The summed E-state index contributed by atoms with van der Waals surface area (Å²) in [5.74, 6) is -1.01. The van der Waals surface area contributed by atoms with Crippen molar-refractivity contribution < 1.29 is 23.5 Å². The molecule has 1 saturated heterocycles. The van der Waals surface area contributed by atoms with E-state index in [9.17, 15) is 18.8 Å². The summed E-state index contributed by atoms with van der Waals surface area (Å²) >= 11 is 3.18. The van der Waals surface area contributed by atoms with Gasteiger partial charge in [0.1, 0.15) is 22.1 Å². The van der Waals surface area contributed by atoms with Gasteiger partial charge in [-0.25, -0.2) is 14.2 Å². The minimum atomic E-state index is -1.80. The predicted octanol–water partition coefficient (Wildman–Crippen LogP) is 2.24. The Morgan fingerprint density at radius 2 is 2.00 bits per heavy atom. The van der Waals surface area contributed by atoms with Gasteiger partial charge >= 0.3 is 6.09 Å². The molecule has 2 N–H and O–H groups in total. The fraction of sp³-hybridized carbons (Fsp3) is 0.529. The lowest BCUT2D eigenvalue weighted by Gasteiger charge is -2.28. The Labute approximate surface area is 165 Å². The van der Waals surface area contributed by atoms with Gasteiger partial charge in [-0.2, -0.15) is 0 Å². The molecule has 0 bridgehead atoms. The molecule has 1 fully saturated rings. The van der Waals surface area contributed by atoms with E-state index >= 15 is 0 Å². The molecule has 2 heterocycles. The second-order valence-electron chi connectivity index (χ2n) is 7.16. The summed E-state index contributed by atoms with van der Waals surface area (Å²) < 4.78 is 20.7. The number of hydrogen-bond acceptors (Lipinski definition) is 5. The topological polar surface area (TPSA) is 101 Å². The highest BCUT2D eigenvalue weighted by molar-refractivity contribution is 9.10. The third-order valence-corrected chi connectivity index (χ3v) is 4.11. The van der Waals surface area contributed by atoms with Crippen molar-refractivity contribution in [3.63, 3.8) is 0 Å². The maximum atomic E-state index is 14.9. The quantitative estimate of drug-likeness (QED) is 0.696. The second kappa shape index (κ2) is 8.20. The second-order valence-corrected chi connectivity index (χ2v) is 7.98. The van der Waals surface area contributed by atoms with Crippen LogP contribution in [-0.4, -0.2) is 58.2 Å². The highest BCUT2D eigenvalue weighted by Gasteiger charge is 2.50. The van der Waals surface area contributed by atoms with Crippen LogP contribution in [0.2, 0.25) is 0 Å². The molecule has 3 amide bonds. The van der Waals surface area contributed by atoms with Crippen LogP contribution in [0, 0.1) is 0 Å². The Hall–Kier alpha value is -2.23. The Kier molecular flexibility index (Phi) is 6.40. The number of nitrogens with zero attached hydrogens (tertiary/aromatic N) is 2. The van der Waals surface area contributed by atoms with E-state index in [1.807, 2.05) is 0 Å². The summed E-state index contributed by atoms with van der Waals surface area (Å²) in [7, 11) is 0. The van der Waals surface area contributed by atoms with Crippen molar-refractivity contribution in [1.82, 2.24) is 15.2 Å². The van der Waals surface area contributed by atoms with E-state index in [2.05, 4.69) is 31.5 Å². The molecule has 3 atom stereocenters. The number of carbonyl (C=O) groups excluding carboxylic acids is 3. The summed E-state index contributed by atoms with van der Waals surface area (Å²) in [5, 5.41) is 4.92. The summed E-state index contributed by atoms with van der Waals surface area (Å²) in [5.41, 5.74) is -0.818. The number of nitrogens with one attached hydrogen (secondary N) is 2. The fourth-order valence-corrected chi connectivity index (χ4v) is 3.02. The van der Waals surface area contributed by atoms with Crippen molar-refractivity contribution in [2.75, 3.05) is 11.9 Å². The lowest BCUT2D eigenvalue weighted by molar-refractivity contribution is -0.122. The molecule has 0 aliphatic carbocycles. The van der Waals surface area contributed by atoms with Crippen molar-refractivity contribution >= 4 is 39.7 Å². The maximum Gasteiger partial charge on any atom is 0.411 e. The lowest BCUT2D eigenvalue weighted by Crippen LogP contribution is -2.48. The summed E-state index contributed by atoms with van der Waals surface area (Å²) in [6.07, 6.45) is -2.63. The number of alkyl halides is 1. The van der Waals surface area contributed by atoms with Crippen LogP contribution in [0.1, 0.15) is 27.7 Å². The minimum Gasteiger partial charge on any atom is -0.444 e. The van der Waals surface area contributed by atoms with Crippen LogP contribution in [0.5, 0.6) is 0 Å². The smallest absolute Gasteiger partial charge is 0.411 e. The van der Waals surface area contributed by atoms with E-state index in [0.717, 1.165) is 4.90 Å². The number of likely N-dealkylation sites (tertiary alicyclic amines) is 1. The Balaban J connectivity index is 2.24. The van der Waals surface area contributed by atoms with Gasteiger partial charge in [0.15, 0.2) is 6.17 Å². The summed E-state index contributed by atoms with van der Waals surface area (Å²) in [4.78, 5) is 41.5. The number of amides is 3. The molecule has 1 aromatic rings. The zero-order valence-corrected chi connectivity index (χ0v) is 17.0. The normalized spacial score (nSPS) is 22.3. The zero-order valence-electron chi connectivity index (χ0n) is 15.5. The Morgan fingerprint density at radius 1 is 1.33 bits per heavy atom. The zero-order chi connectivity index (χ0) is 20.4. The maximum absolute atomic E-state index is 14.9. The molecule has 3 unspecified atom stereocenters. The number of halogens is 2. The number of ether oxygens (including phenoxy) is 1. The van der Waals surface area contributed by atoms with Gasteiger partial charge in [-0.15, -0.1) is 0 Å². The lowest BCUT2D eigenvalue weighted by atomic mass is 10.1. The number of pyridine rings is 1. The highest BCUT2D eigenvalue weighted by atomic mass is 79.9. The molecular weight excluding hydrogens is 423 g/mol. The van der Waals surface area contributed by atoms with E-state index < -0.39 is 41.8 Å². The van der Waals surface area contributed by atoms with Crippen molar-refractivity contribution in [3.8, 4) is 0 Å². The minimum absolute atomic E-state index is 0.181. The van der Waals surface area contributed by atoms with Gasteiger partial charge in [-0.05, 0) is 48.8 Å². The number of rotatable bonds is 3. The average Bonchev–Trinajstić information content (AvgIpc) is 2.82. The molecule has 0 spiro atoms. The molecular formula is C17H22BrFN4O4. The van der Waals surface area contributed by atoms with Crippen molar-refractivity contribution in [2.24, 2.45) is 0 Å². The molecule has 2 rings (SSSR count). The Bertz CT molecular complexity index is 740. The van der Waals surface area contributed by atoms with Crippen LogP contribution in [-0.2, 0) is 14.3 Å². The molecule has 1 aliphatic rings. The van der Waals surface area contributed by atoms with Gasteiger partial charge in [0.05, 0.1) is 6.04 Å². The van der Waals surface area contributed by atoms with Crippen LogP contribution >= 0.6 is 15.9 Å². The van der Waals surface area contributed by atoms with Crippen molar-refractivity contribution in [3.05, 3.63) is 22.8 Å². The number of aromatic nitrogens is 1. The third-order valence-electron chi connectivity index (χ3n) is 3.67. The van der Waals surface area contributed by atoms with E-state index in [1.165, 1.54) is 13.0 Å². The Morgan fingerprint density at radius 3 is 2.56 bits per heavy atom.